The minimum atomic E-state index is -0.342. The van der Waals surface area contributed by atoms with Crippen LogP contribution in [0.2, 0.25) is 0 Å². The van der Waals surface area contributed by atoms with Gasteiger partial charge in [0.2, 0.25) is 5.91 Å². The van der Waals surface area contributed by atoms with Crippen molar-refractivity contribution in [3.8, 4) is 0 Å². The Kier molecular flexibility index (Phi) is 5.57. The highest BCUT2D eigenvalue weighted by Gasteiger charge is 2.30. The fourth-order valence-electron chi connectivity index (χ4n) is 2.45. The van der Waals surface area contributed by atoms with Gasteiger partial charge in [-0.15, -0.1) is 0 Å². The number of carbonyl (C=O) groups is 1. The smallest absolute Gasteiger partial charge is 0.249 e. The number of ether oxygens (including phenoxy) is 1. The maximum atomic E-state index is 12.1. The highest BCUT2D eigenvalue weighted by Crippen LogP contribution is 2.20. The number of hydrogen-bond donors (Lipinski definition) is 2. The molecule has 1 fully saturated rings. The van der Waals surface area contributed by atoms with Crippen LogP contribution in [-0.2, 0) is 16.0 Å². The summed E-state index contributed by atoms with van der Waals surface area (Å²) in [7, 11) is 0. The van der Waals surface area contributed by atoms with E-state index in [0.717, 1.165) is 23.7 Å². The van der Waals surface area contributed by atoms with Crippen LogP contribution in [0.5, 0.6) is 0 Å². The molecule has 20 heavy (non-hydrogen) atoms. The van der Waals surface area contributed by atoms with Crippen molar-refractivity contribution >= 4 is 21.8 Å². The van der Waals surface area contributed by atoms with Crippen molar-refractivity contribution in [2.24, 2.45) is 5.73 Å². The summed E-state index contributed by atoms with van der Waals surface area (Å²) in [6, 6.07) is 8.12. The van der Waals surface area contributed by atoms with Crippen LogP contribution >= 0.6 is 15.9 Å². The Morgan fingerprint density at radius 1 is 1.50 bits per heavy atom. The van der Waals surface area contributed by atoms with Crippen LogP contribution in [0.15, 0.2) is 28.7 Å². The number of benzene rings is 1. The van der Waals surface area contributed by atoms with Gasteiger partial charge in [0.1, 0.15) is 6.10 Å². The van der Waals surface area contributed by atoms with E-state index in [4.69, 9.17) is 10.5 Å². The molecule has 1 amide bonds. The summed E-state index contributed by atoms with van der Waals surface area (Å²) in [4.78, 5) is 12.1. The summed E-state index contributed by atoms with van der Waals surface area (Å²) in [6.45, 7) is 2.49. The van der Waals surface area contributed by atoms with E-state index in [-0.39, 0.29) is 24.2 Å². The van der Waals surface area contributed by atoms with Gasteiger partial charge >= 0.3 is 0 Å². The molecule has 1 saturated heterocycles. The first kappa shape index (κ1) is 15.5. The number of hydrogen-bond acceptors (Lipinski definition) is 3. The lowest BCUT2D eigenvalue weighted by Crippen LogP contribution is -2.41. The Morgan fingerprint density at radius 3 is 2.90 bits per heavy atom. The number of rotatable bonds is 5. The molecule has 0 aliphatic carbocycles. The van der Waals surface area contributed by atoms with Crippen LogP contribution in [0.4, 0.5) is 0 Å². The summed E-state index contributed by atoms with van der Waals surface area (Å²) in [5.74, 6) is -0.0273. The van der Waals surface area contributed by atoms with Crippen LogP contribution < -0.4 is 11.1 Å². The third kappa shape index (κ3) is 4.04. The second-order valence-electron chi connectivity index (χ2n) is 5.26. The summed E-state index contributed by atoms with van der Waals surface area (Å²) in [6.07, 6.45) is 2.11. The zero-order valence-electron chi connectivity index (χ0n) is 11.6. The van der Waals surface area contributed by atoms with E-state index in [1.54, 1.807) is 0 Å². The fraction of sp³-hybridized carbons (Fsp3) is 0.533. The van der Waals surface area contributed by atoms with E-state index in [0.29, 0.717) is 6.54 Å². The third-order valence-electron chi connectivity index (χ3n) is 3.54. The molecule has 1 aliphatic rings. The van der Waals surface area contributed by atoms with Crippen LogP contribution in [0.3, 0.4) is 0 Å². The largest absolute Gasteiger partial charge is 0.364 e. The van der Waals surface area contributed by atoms with E-state index >= 15 is 0 Å². The normalized spacial score (nSPS) is 23.6. The van der Waals surface area contributed by atoms with Gasteiger partial charge in [-0.2, -0.15) is 0 Å². The topological polar surface area (TPSA) is 64.4 Å². The Labute approximate surface area is 128 Å². The van der Waals surface area contributed by atoms with E-state index in [9.17, 15) is 4.79 Å². The molecule has 1 heterocycles. The van der Waals surface area contributed by atoms with Gasteiger partial charge in [-0.05, 0) is 37.8 Å². The molecule has 3 atom stereocenters. The summed E-state index contributed by atoms with van der Waals surface area (Å²) in [5, 5.41) is 3.02. The summed E-state index contributed by atoms with van der Waals surface area (Å²) >= 11 is 3.52. The lowest BCUT2D eigenvalue weighted by molar-refractivity contribution is -0.132. The zero-order valence-corrected chi connectivity index (χ0v) is 13.2. The number of nitrogens with one attached hydrogen (secondary N) is 1. The standard InChI is InChI=1S/C15H21BrN2O2/c1-10(8-11-4-2-3-5-13(11)16)18-15(19)14-7-6-12(9-17)20-14/h2-5,10,12,14H,6-9,17H2,1H3,(H,18,19)/t10?,12-,14+/m1/s1. The van der Waals surface area contributed by atoms with E-state index in [2.05, 4.69) is 27.3 Å². The Morgan fingerprint density at radius 2 is 2.25 bits per heavy atom. The third-order valence-corrected chi connectivity index (χ3v) is 4.31. The molecule has 0 spiro atoms. The second kappa shape index (κ2) is 7.20. The minimum Gasteiger partial charge on any atom is -0.364 e. The Bertz CT molecular complexity index is 467. The molecule has 1 unspecified atom stereocenters. The highest BCUT2D eigenvalue weighted by molar-refractivity contribution is 9.10. The Hall–Kier alpha value is -0.910. The van der Waals surface area contributed by atoms with Gasteiger partial charge in [-0.3, -0.25) is 4.79 Å². The first-order chi connectivity index (χ1) is 9.60. The van der Waals surface area contributed by atoms with E-state index < -0.39 is 0 Å². The molecule has 5 heteroatoms. The molecule has 2 rings (SSSR count). The SMILES string of the molecule is CC(Cc1ccccc1Br)NC(=O)[C@@H]1CC[C@H](CN)O1. The van der Waals surface area contributed by atoms with Gasteiger partial charge in [-0.1, -0.05) is 34.1 Å². The lowest BCUT2D eigenvalue weighted by Gasteiger charge is -2.18. The molecule has 0 radical (unpaired) electrons. The molecule has 1 aromatic rings. The molecule has 4 nitrogen and oxygen atoms in total. The first-order valence-electron chi connectivity index (χ1n) is 6.99. The second-order valence-corrected chi connectivity index (χ2v) is 6.12. The molecule has 0 aromatic heterocycles. The predicted molar refractivity (Wildman–Crippen MR) is 82.4 cm³/mol. The molecule has 1 aliphatic heterocycles. The fourth-order valence-corrected chi connectivity index (χ4v) is 2.90. The monoisotopic (exact) mass is 340 g/mol. The lowest BCUT2D eigenvalue weighted by atomic mass is 10.1. The number of nitrogens with two attached hydrogens (primary N) is 1. The first-order valence-corrected chi connectivity index (χ1v) is 7.78. The summed E-state index contributed by atoms with van der Waals surface area (Å²) < 4.78 is 6.67. The van der Waals surface area contributed by atoms with Crippen molar-refractivity contribution in [1.29, 1.82) is 0 Å². The maximum Gasteiger partial charge on any atom is 0.249 e. The average molecular weight is 341 g/mol. The molecule has 1 aromatic carbocycles. The van der Waals surface area contributed by atoms with Crippen LogP contribution in [-0.4, -0.2) is 30.7 Å². The number of amides is 1. The van der Waals surface area contributed by atoms with Crippen molar-refractivity contribution < 1.29 is 9.53 Å². The molecule has 110 valence electrons. The molecule has 0 saturated carbocycles. The van der Waals surface area contributed by atoms with Crippen LogP contribution in [0.25, 0.3) is 0 Å². The molecular weight excluding hydrogens is 320 g/mol. The van der Waals surface area contributed by atoms with Gasteiger partial charge < -0.3 is 15.8 Å². The van der Waals surface area contributed by atoms with Crippen molar-refractivity contribution in [2.75, 3.05) is 6.54 Å². The van der Waals surface area contributed by atoms with Crippen LogP contribution in [0, 0.1) is 0 Å². The average Bonchev–Trinajstić information content (AvgIpc) is 2.90. The van der Waals surface area contributed by atoms with Gasteiger partial charge in [0.05, 0.1) is 6.10 Å². The number of halogens is 1. The minimum absolute atomic E-state index is 0.0273. The zero-order chi connectivity index (χ0) is 14.5. The molecule has 3 N–H and O–H groups in total. The predicted octanol–water partition coefficient (Wildman–Crippen LogP) is 2.00. The van der Waals surface area contributed by atoms with Crippen molar-refractivity contribution in [3.05, 3.63) is 34.3 Å². The van der Waals surface area contributed by atoms with E-state index in [1.807, 2.05) is 25.1 Å². The Balaban J connectivity index is 1.84. The maximum absolute atomic E-state index is 12.1. The highest BCUT2D eigenvalue weighted by atomic mass is 79.9. The van der Waals surface area contributed by atoms with E-state index in [1.165, 1.54) is 5.56 Å². The van der Waals surface area contributed by atoms with Crippen LogP contribution in [0.1, 0.15) is 25.3 Å². The van der Waals surface area contributed by atoms with Gasteiger partial charge in [-0.25, -0.2) is 0 Å². The van der Waals surface area contributed by atoms with Gasteiger partial charge in [0.15, 0.2) is 0 Å². The van der Waals surface area contributed by atoms with Gasteiger partial charge in [0.25, 0.3) is 0 Å². The molecule has 0 bridgehead atoms. The van der Waals surface area contributed by atoms with Crippen molar-refractivity contribution in [2.45, 2.75) is 44.4 Å². The quantitative estimate of drug-likeness (QED) is 0.861. The number of carbonyl (C=O) groups excluding carboxylic acids is 1. The molecular formula is C15H21BrN2O2. The van der Waals surface area contributed by atoms with Gasteiger partial charge in [0, 0.05) is 17.1 Å². The van der Waals surface area contributed by atoms with Crippen molar-refractivity contribution in [3.63, 3.8) is 0 Å². The summed E-state index contributed by atoms with van der Waals surface area (Å²) in [5.41, 5.74) is 6.74. The van der Waals surface area contributed by atoms with Crippen molar-refractivity contribution in [1.82, 2.24) is 5.32 Å².